The summed E-state index contributed by atoms with van der Waals surface area (Å²) in [6.45, 7) is 6.59. The molecule has 5 heteroatoms. The van der Waals surface area contributed by atoms with Crippen LogP contribution >= 0.6 is 0 Å². The molecule has 1 unspecified atom stereocenters. The number of nitrogens with one attached hydrogen (secondary N) is 1. The van der Waals surface area contributed by atoms with E-state index in [1.54, 1.807) is 12.1 Å². The van der Waals surface area contributed by atoms with Crippen molar-refractivity contribution in [3.63, 3.8) is 0 Å². The molecule has 0 radical (unpaired) electrons. The quantitative estimate of drug-likeness (QED) is 0.589. The average molecular weight is 293 g/mol. The van der Waals surface area contributed by atoms with Gasteiger partial charge in [-0.15, -0.1) is 0 Å². The summed E-state index contributed by atoms with van der Waals surface area (Å²) < 4.78 is 10.2. The maximum Gasteiger partial charge on any atom is 0.311 e. The largest absolute Gasteiger partial charge is 0.463 e. The van der Waals surface area contributed by atoms with E-state index >= 15 is 0 Å². The molecule has 1 N–H and O–H groups in total. The summed E-state index contributed by atoms with van der Waals surface area (Å²) in [7, 11) is 0. The minimum absolute atomic E-state index is 0.0181. The number of rotatable bonds is 8. The molecule has 1 rings (SSSR count). The van der Waals surface area contributed by atoms with Crippen LogP contribution in [0.5, 0.6) is 5.75 Å². The Kier molecular flexibility index (Phi) is 7.29. The van der Waals surface area contributed by atoms with E-state index in [4.69, 9.17) is 9.47 Å². The van der Waals surface area contributed by atoms with Crippen LogP contribution in [0.1, 0.15) is 40.0 Å². The van der Waals surface area contributed by atoms with Gasteiger partial charge < -0.3 is 14.8 Å². The van der Waals surface area contributed by atoms with Crippen molar-refractivity contribution >= 4 is 17.6 Å². The molecule has 0 aromatic heterocycles. The van der Waals surface area contributed by atoms with Crippen molar-refractivity contribution in [2.45, 2.75) is 46.1 Å². The standard InChI is InChI=1S/C16H23NO4/c1-4-12(3)20-15(18)10-11-16(19)21-14-8-6-13(7-9-14)17-5-2/h6-9,12,17H,4-5,10-11H2,1-3H3. The van der Waals surface area contributed by atoms with Crippen molar-refractivity contribution in [3.8, 4) is 5.75 Å². The van der Waals surface area contributed by atoms with Gasteiger partial charge in [0.15, 0.2) is 0 Å². The minimum Gasteiger partial charge on any atom is -0.463 e. The van der Waals surface area contributed by atoms with Crippen molar-refractivity contribution in [3.05, 3.63) is 24.3 Å². The van der Waals surface area contributed by atoms with Crippen LogP contribution in [0.25, 0.3) is 0 Å². The Labute approximate surface area is 125 Å². The second-order valence-corrected chi connectivity index (χ2v) is 4.74. The summed E-state index contributed by atoms with van der Waals surface area (Å²) in [6.07, 6.45) is 0.698. The average Bonchev–Trinajstić information content (AvgIpc) is 2.47. The highest BCUT2D eigenvalue weighted by atomic mass is 16.5. The van der Waals surface area contributed by atoms with Gasteiger partial charge in [-0.2, -0.15) is 0 Å². The Hall–Kier alpha value is -2.04. The van der Waals surface area contributed by atoms with Crippen molar-refractivity contribution in [2.75, 3.05) is 11.9 Å². The molecule has 0 heterocycles. The molecule has 1 aromatic rings. The van der Waals surface area contributed by atoms with Crippen molar-refractivity contribution < 1.29 is 19.1 Å². The van der Waals surface area contributed by atoms with Crippen molar-refractivity contribution in [2.24, 2.45) is 0 Å². The molecule has 1 atom stereocenters. The summed E-state index contributed by atoms with van der Waals surface area (Å²) in [4.78, 5) is 23.1. The van der Waals surface area contributed by atoms with E-state index in [1.165, 1.54) is 0 Å². The molecule has 0 saturated carbocycles. The number of esters is 2. The molecule has 0 spiro atoms. The minimum atomic E-state index is -0.438. The predicted molar refractivity (Wildman–Crippen MR) is 81.3 cm³/mol. The molecular weight excluding hydrogens is 270 g/mol. The lowest BCUT2D eigenvalue weighted by molar-refractivity contribution is -0.150. The third kappa shape index (κ3) is 6.79. The third-order valence-corrected chi connectivity index (χ3v) is 2.91. The van der Waals surface area contributed by atoms with Crippen LogP contribution in [0.4, 0.5) is 5.69 Å². The van der Waals surface area contributed by atoms with E-state index < -0.39 is 5.97 Å². The highest BCUT2D eigenvalue weighted by Gasteiger charge is 2.12. The van der Waals surface area contributed by atoms with E-state index in [1.807, 2.05) is 32.9 Å². The summed E-state index contributed by atoms with van der Waals surface area (Å²) in [5, 5.41) is 3.15. The summed E-state index contributed by atoms with van der Waals surface area (Å²) in [6, 6.07) is 7.10. The molecule has 0 saturated heterocycles. The molecule has 0 aliphatic heterocycles. The number of carbonyl (C=O) groups excluding carboxylic acids is 2. The van der Waals surface area contributed by atoms with Gasteiger partial charge in [-0.25, -0.2) is 0 Å². The lowest BCUT2D eigenvalue weighted by Crippen LogP contribution is -2.16. The number of anilines is 1. The van der Waals surface area contributed by atoms with Gasteiger partial charge in [0.1, 0.15) is 5.75 Å². The van der Waals surface area contributed by atoms with Crippen LogP contribution < -0.4 is 10.1 Å². The first kappa shape index (κ1) is 17.0. The first-order valence-corrected chi connectivity index (χ1v) is 7.29. The number of ether oxygens (including phenoxy) is 2. The molecule has 0 bridgehead atoms. The lowest BCUT2D eigenvalue weighted by Gasteiger charge is -2.10. The Morgan fingerprint density at radius 3 is 2.29 bits per heavy atom. The normalized spacial score (nSPS) is 11.6. The zero-order valence-corrected chi connectivity index (χ0v) is 12.8. The number of benzene rings is 1. The first-order chi connectivity index (χ1) is 10.0. The van der Waals surface area contributed by atoms with Gasteiger partial charge in [0.05, 0.1) is 18.9 Å². The Balaban J connectivity index is 2.34. The van der Waals surface area contributed by atoms with Gasteiger partial charge >= 0.3 is 11.9 Å². The molecule has 5 nitrogen and oxygen atoms in total. The SMILES string of the molecule is CCNc1ccc(OC(=O)CCC(=O)OC(C)CC)cc1. The highest BCUT2D eigenvalue weighted by molar-refractivity contribution is 5.79. The van der Waals surface area contributed by atoms with Gasteiger partial charge in [0.2, 0.25) is 0 Å². The van der Waals surface area contributed by atoms with Crippen LogP contribution in [-0.4, -0.2) is 24.6 Å². The second-order valence-electron chi connectivity index (χ2n) is 4.74. The van der Waals surface area contributed by atoms with Gasteiger partial charge in [0.25, 0.3) is 0 Å². The predicted octanol–water partition coefficient (Wildman–Crippen LogP) is 3.15. The fraction of sp³-hybridized carbons (Fsp3) is 0.500. The fourth-order valence-electron chi connectivity index (χ4n) is 1.60. The maximum atomic E-state index is 11.6. The van der Waals surface area contributed by atoms with E-state index in [-0.39, 0.29) is 24.9 Å². The fourth-order valence-corrected chi connectivity index (χ4v) is 1.60. The van der Waals surface area contributed by atoms with Crippen LogP contribution in [0.15, 0.2) is 24.3 Å². The molecule has 0 aliphatic carbocycles. The van der Waals surface area contributed by atoms with E-state index in [2.05, 4.69) is 5.32 Å². The van der Waals surface area contributed by atoms with Crippen LogP contribution in [0.3, 0.4) is 0 Å². The Bertz CT molecular complexity index is 456. The van der Waals surface area contributed by atoms with E-state index in [9.17, 15) is 9.59 Å². The van der Waals surface area contributed by atoms with E-state index in [0.29, 0.717) is 5.75 Å². The lowest BCUT2D eigenvalue weighted by atomic mass is 10.3. The molecule has 116 valence electrons. The number of carbonyl (C=O) groups is 2. The number of hydrogen-bond acceptors (Lipinski definition) is 5. The second kappa shape index (κ2) is 9.00. The smallest absolute Gasteiger partial charge is 0.311 e. The third-order valence-electron chi connectivity index (χ3n) is 2.91. The maximum absolute atomic E-state index is 11.6. The van der Waals surface area contributed by atoms with Gasteiger partial charge in [-0.1, -0.05) is 6.92 Å². The first-order valence-electron chi connectivity index (χ1n) is 7.29. The molecule has 0 fully saturated rings. The Morgan fingerprint density at radius 2 is 1.71 bits per heavy atom. The number of hydrogen-bond donors (Lipinski definition) is 1. The van der Waals surface area contributed by atoms with Crippen LogP contribution in [0, 0.1) is 0 Å². The topological polar surface area (TPSA) is 64.6 Å². The summed E-state index contributed by atoms with van der Waals surface area (Å²) >= 11 is 0. The van der Waals surface area contributed by atoms with Gasteiger partial charge in [0, 0.05) is 12.2 Å². The zero-order valence-electron chi connectivity index (χ0n) is 12.8. The van der Waals surface area contributed by atoms with Gasteiger partial charge in [-0.3, -0.25) is 9.59 Å². The zero-order chi connectivity index (χ0) is 15.7. The van der Waals surface area contributed by atoms with E-state index in [0.717, 1.165) is 18.7 Å². The van der Waals surface area contributed by atoms with Crippen LogP contribution in [-0.2, 0) is 14.3 Å². The van der Waals surface area contributed by atoms with Crippen LogP contribution in [0.2, 0.25) is 0 Å². The summed E-state index contributed by atoms with van der Waals surface area (Å²) in [5.74, 6) is -0.340. The molecule has 0 aliphatic rings. The van der Waals surface area contributed by atoms with Gasteiger partial charge in [-0.05, 0) is 44.5 Å². The molecule has 1 aromatic carbocycles. The Morgan fingerprint density at radius 1 is 1.10 bits per heavy atom. The summed E-state index contributed by atoms with van der Waals surface area (Å²) in [5.41, 5.74) is 0.967. The van der Waals surface area contributed by atoms with Crippen molar-refractivity contribution in [1.82, 2.24) is 0 Å². The highest BCUT2D eigenvalue weighted by Crippen LogP contribution is 2.16. The van der Waals surface area contributed by atoms with Crippen molar-refractivity contribution in [1.29, 1.82) is 0 Å². The monoisotopic (exact) mass is 293 g/mol. The molecule has 0 amide bonds. The molecule has 21 heavy (non-hydrogen) atoms. The molecular formula is C16H23NO4.